The van der Waals surface area contributed by atoms with Crippen LogP contribution in [-0.2, 0) is 22.7 Å². The average molecular weight is 555 g/mol. The zero-order valence-electron chi connectivity index (χ0n) is 22.5. The number of unbranched alkanes of at least 4 members (excludes halogenated alkanes) is 2. The summed E-state index contributed by atoms with van der Waals surface area (Å²) in [6, 6.07) is 10.6. The van der Waals surface area contributed by atoms with E-state index >= 15 is 0 Å². The molecule has 1 aliphatic heterocycles. The van der Waals surface area contributed by atoms with E-state index in [4.69, 9.17) is 0 Å². The minimum Gasteiger partial charge on any atom is -0.355 e. The van der Waals surface area contributed by atoms with Crippen molar-refractivity contribution in [3.8, 4) is 10.6 Å². The first kappa shape index (κ1) is 30.2. The molecule has 0 saturated carbocycles. The smallest absolute Gasteiger partial charge is 0.256 e. The summed E-state index contributed by atoms with van der Waals surface area (Å²) in [5.41, 5.74) is 4.59. The molecule has 2 amide bonds. The molecule has 1 aliphatic rings. The van der Waals surface area contributed by atoms with Crippen molar-refractivity contribution in [1.82, 2.24) is 25.5 Å². The van der Waals surface area contributed by atoms with Crippen LogP contribution in [0.4, 0.5) is 10.1 Å². The van der Waals surface area contributed by atoms with Gasteiger partial charge in [0.1, 0.15) is 15.8 Å². The zero-order valence-corrected chi connectivity index (χ0v) is 23.3. The number of aromatic nitrogens is 2. The number of amides is 2. The van der Waals surface area contributed by atoms with Crippen molar-refractivity contribution in [2.24, 2.45) is 0 Å². The van der Waals surface area contributed by atoms with Gasteiger partial charge in [-0.05, 0) is 67.3 Å². The van der Waals surface area contributed by atoms with Crippen LogP contribution in [0.5, 0.6) is 0 Å². The number of rotatable bonds is 11. The molecule has 0 radical (unpaired) electrons. The molecule has 210 valence electrons. The number of hydrogen-bond donors (Lipinski definition) is 1. The van der Waals surface area contributed by atoms with Crippen molar-refractivity contribution in [2.45, 2.75) is 60.5 Å². The van der Waals surface area contributed by atoms with Crippen LogP contribution in [0.15, 0.2) is 36.4 Å². The van der Waals surface area contributed by atoms with E-state index in [1.165, 1.54) is 23.5 Å². The van der Waals surface area contributed by atoms with Crippen LogP contribution in [0.3, 0.4) is 0 Å². The maximum Gasteiger partial charge on any atom is 0.256 e. The van der Waals surface area contributed by atoms with Gasteiger partial charge in [-0.25, -0.2) is 9.40 Å². The topological polar surface area (TPSA) is 81.7 Å². The maximum absolute atomic E-state index is 13.7. The summed E-state index contributed by atoms with van der Waals surface area (Å²) in [5.74, 6) is -0.553. The minimum absolute atomic E-state index is 0. The Morgan fingerprint density at radius 3 is 2.51 bits per heavy atom. The van der Waals surface area contributed by atoms with E-state index in [2.05, 4.69) is 22.4 Å². The fourth-order valence-corrected chi connectivity index (χ4v) is 5.28. The molecule has 0 fully saturated rings. The van der Waals surface area contributed by atoms with E-state index in [-0.39, 0.29) is 38.1 Å². The largest absolute Gasteiger partial charge is 0.355 e. The summed E-state index contributed by atoms with van der Waals surface area (Å²) in [7, 11) is 1.72. The number of nitrogens with zero attached hydrogens (tertiary/aromatic N) is 5. The fraction of sp³-hybridized carbons (Fsp3) is 0.448. The molecule has 0 atom stereocenters. The first-order valence-electron chi connectivity index (χ1n) is 13.0. The van der Waals surface area contributed by atoms with Gasteiger partial charge in [0.05, 0.1) is 13.1 Å². The van der Waals surface area contributed by atoms with E-state index in [0.717, 1.165) is 57.2 Å². The molecule has 1 N–H and O–H groups in total. The number of fused-ring (bicyclic) bond motifs is 1. The third-order valence-electron chi connectivity index (χ3n) is 6.73. The number of nitrogens with one attached hydrogen (secondary N) is 1. The molecule has 2 aromatic carbocycles. The zero-order chi connectivity index (χ0) is 27.2. The predicted molar refractivity (Wildman–Crippen MR) is 155 cm³/mol. The van der Waals surface area contributed by atoms with Crippen LogP contribution in [0.2, 0.25) is 0 Å². The summed E-state index contributed by atoms with van der Waals surface area (Å²) in [4.78, 5) is 28.1. The Morgan fingerprint density at radius 2 is 1.82 bits per heavy atom. The van der Waals surface area contributed by atoms with Gasteiger partial charge in [0, 0.05) is 37.9 Å². The molecule has 0 unspecified atom stereocenters. The van der Waals surface area contributed by atoms with Crippen LogP contribution in [0, 0.1) is 19.7 Å². The molecule has 0 aliphatic carbocycles. The maximum atomic E-state index is 13.7. The Bertz CT molecular complexity index is 1300. The highest BCUT2D eigenvalue weighted by Crippen LogP contribution is 2.29. The Labute approximate surface area is 234 Å². The predicted octanol–water partition coefficient (Wildman–Crippen LogP) is 5.10. The van der Waals surface area contributed by atoms with Crippen molar-refractivity contribution in [3.05, 3.63) is 63.9 Å². The molecule has 0 bridgehead atoms. The highest BCUT2D eigenvalue weighted by atomic mass is 32.1. The molecular weight excluding hydrogens is 515 g/mol. The van der Waals surface area contributed by atoms with E-state index in [1.807, 2.05) is 42.0 Å². The average Bonchev–Trinajstić information content (AvgIpc) is 3.51. The molecule has 1 aromatic heterocycles. The molecule has 2 heterocycles. The molecule has 8 nitrogen and oxygen atoms in total. The van der Waals surface area contributed by atoms with Gasteiger partial charge in [-0.2, -0.15) is 0 Å². The van der Waals surface area contributed by atoms with Crippen molar-refractivity contribution in [1.29, 1.82) is 0 Å². The summed E-state index contributed by atoms with van der Waals surface area (Å²) < 4.78 is 13.7. The SMILES string of the molecule is C.CCCCCNC(=O)CN(CC(=O)N(C)N1Cc2ccc(F)cc2C1)c1ccc(-c2nnc(C)s2)cc1C. The van der Waals surface area contributed by atoms with Gasteiger partial charge >= 0.3 is 0 Å². The lowest BCUT2D eigenvalue weighted by molar-refractivity contribution is -0.145. The lowest BCUT2D eigenvalue weighted by Gasteiger charge is -2.32. The number of carbonyl (C=O) groups is 2. The van der Waals surface area contributed by atoms with Crippen LogP contribution < -0.4 is 10.2 Å². The summed E-state index contributed by atoms with van der Waals surface area (Å²) >= 11 is 1.52. The highest BCUT2D eigenvalue weighted by Gasteiger charge is 2.27. The Hall–Kier alpha value is -3.37. The van der Waals surface area contributed by atoms with Crippen molar-refractivity contribution < 1.29 is 14.0 Å². The van der Waals surface area contributed by atoms with E-state index in [0.29, 0.717) is 19.6 Å². The molecule has 0 spiro atoms. The lowest BCUT2D eigenvalue weighted by Crippen LogP contribution is -2.48. The molecule has 3 aromatic rings. The normalized spacial score (nSPS) is 12.5. The van der Waals surface area contributed by atoms with Crippen LogP contribution in [0.1, 0.15) is 55.3 Å². The van der Waals surface area contributed by atoms with E-state index in [9.17, 15) is 14.0 Å². The number of carbonyl (C=O) groups excluding carboxylic acids is 2. The van der Waals surface area contributed by atoms with E-state index in [1.54, 1.807) is 18.1 Å². The monoisotopic (exact) mass is 554 g/mol. The number of halogens is 1. The van der Waals surface area contributed by atoms with Crippen LogP contribution in [0.25, 0.3) is 10.6 Å². The second kappa shape index (κ2) is 13.6. The summed E-state index contributed by atoms with van der Waals surface area (Å²) in [6.07, 6.45) is 3.06. The van der Waals surface area contributed by atoms with Gasteiger partial charge in [0.25, 0.3) is 5.91 Å². The number of hydrazine groups is 1. The van der Waals surface area contributed by atoms with Crippen LogP contribution in [-0.4, -0.2) is 58.7 Å². The highest BCUT2D eigenvalue weighted by molar-refractivity contribution is 7.14. The minimum atomic E-state index is -0.279. The van der Waals surface area contributed by atoms with Gasteiger partial charge in [0.15, 0.2) is 0 Å². The third-order valence-corrected chi connectivity index (χ3v) is 7.62. The quantitative estimate of drug-likeness (QED) is 0.332. The summed E-state index contributed by atoms with van der Waals surface area (Å²) in [6.45, 7) is 7.71. The molecule has 4 rings (SSSR count). The lowest BCUT2D eigenvalue weighted by atomic mass is 10.1. The number of likely N-dealkylation sites (N-methyl/N-ethyl adjacent to an activating group) is 1. The van der Waals surface area contributed by atoms with Gasteiger partial charge in [-0.1, -0.05) is 44.6 Å². The summed E-state index contributed by atoms with van der Waals surface area (Å²) in [5, 5.41) is 16.5. The number of hydrogen-bond acceptors (Lipinski definition) is 7. The molecule has 0 saturated heterocycles. The second-order valence-electron chi connectivity index (χ2n) is 9.69. The Balaban J connectivity index is 0.00000420. The van der Waals surface area contributed by atoms with Crippen molar-refractivity contribution in [2.75, 3.05) is 31.6 Å². The first-order valence-corrected chi connectivity index (χ1v) is 13.8. The van der Waals surface area contributed by atoms with Crippen LogP contribution >= 0.6 is 11.3 Å². The Morgan fingerprint density at radius 1 is 1.05 bits per heavy atom. The van der Waals surface area contributed by atoms with Gasteiger partial charge in [-0.15, -0.1) is 10.2 Å². The van der Waals surface area contributed by atoms with Crippen molar-refractivity contribution in [3.63, 3.8) is 0 Å². The fourth-order valence-electron chi connectivity index (χ4n) is 4.60. The first-order chi connectivity index (χ1) is 18.2. The second-order valence-corrected chi connectivity index (χ2v) is 10.9. The van der Waals surface area contributed by atoms with Gasteiger partial charge in [-0.3, -0.25) is 14.6 Å². The van der Waals surface area contributed by atoms with Crippen molar-refractivity contribution >= 4 is 28.8 Å². The van der Waals surface area contributed by atoms with E-state index < -0.39 is 0 Å². The number of anilines is 1. The third kappa shape index (κ3) is 7.60. The Kier molecular flexibility index (Phi) is 10.5. The number of benzene rings is 2. The van der Waals surface area contributed by atoms with Gasteiger partial charge in [0.2, 0.25) is 5.91 Å². The molecule has 10 heteroatoms. The standard InChI is InChI=1S/C28H35FN6O2S.CH4/c1-5-6-7-12-30-26(36)17-34(25-11-9-21(13-19(25)2)28-32-31-20(3)38-28)18-27(37)33(4)35-15-22-8-10-24(29)14-23(22)16-35;/h8-11,13-14H,5-7,12,15-18H2,1-4H3,(H,30,36);1H4. The van der Waals surface area contributed by atoms with Gasteiger partial charge < -0.3 is 10.2 Å². The number of aryl methyl sites for hydroxylation is 2. The molecule has 39 heavy (non-hydrogen) atoms. The molecular formula is C29H39FN6O2S.